The molecule has 0 aromatic heterocycles. The average Bonchev–Trinajstić information content (AvgIpc) is 2.20. The Hall–Kier alpha value is -1.20. The Morgan fingerprint density at radius 1 is 1.22 bits per heavy atom. The highest BCUT2D eigenvalue weighted by Gasteiger charge is 2.33. The third-order valence-corrected chi connectivity index (χ3v) is 2.75. The van der Waals surface area contributed by atoms with Gasteiger partial charge in [0.25, 0.3) is 0 Å². The zero-order valence-corrected chi connectivity index (χ0v) is 11.3. The van der Waals surface area contributed by atoms with Crippen molar-refractivity contribution in [2.45, 2.75) is 25.5 Å². The van der Waals surface area contributed by atoms with Crippen LogP contribution in [0.1, 0.15) is 25.5 Å². The Labute approximate surface area is 106 Å². The Kier molecular flexibility index (Phi) is 4.29. The largest absolute Gasteiger partial charge is 0.494 e. The SMILES string of the molecule is COc1cc(F)c(C(N(C)C)C(C)(C)O)cc1F. The Bertz CT molecular complexity index is 428. The molecule has 0 bridgehead atoms. The van der Waals surface area contributed by atoms with Crippen LogP contribution in [0.5, 0.6) is 5.75 Å². The molecule has 0 radical (unpaired) electrons. The van der Waals surface area contributed by atoms with E-state index in [0.29, 0.717) is 0 Å². The van der Waals surface area contributed by atoms with Crippen molar-refractivity contribution in [2.24, 2.45) is 0 Å². The number of hydrogen-bond acceptors (Lipinski definition) is 3. The van der Waals surface area contributed by atoms with Crippen LogP contribution in [0.2, 0.25) is 0 Å². The first-order valence-corrected chi connectivity index (χ1v) is 5.60. The lowest BCUT2D eigenvalue weighted by molar-refractivity contribution is -0.00480. The van der Waals surface area contributed by atoms with Crippen LogP contribution >= 0.6 is 0 Å². The van der Waals surface area contributed by atoms with E-state index in [0.717, 1.165) is 12.1 Å². The highest BCUT2D eigenvalue weighted by Crippen LogP contribution is 2.34. The molecule has 0 amide bonds. The lowest BCUT2D eigenvalue weighted by Gasteiger charge is -2.35. The van der Waals surface area contributed by atoms with E-state index < -0.39 is 23.3 Å². The first kappa shape index (κ1) is 14.9. The third kappa shape index (κ3) is 2.97. The van der Waals surface area contributed by atoms with Gasteiger partial charge < -0.3 is 9.84 Å². The average molecular weight is 259 g/mol. The highest BCUT2D eigenvalue weighted by atomic mass is 19.1. The molecule has 0 aliphatic rings. The molecule has 18 heavy (non-hydrogen) atoms. The van der Waals surface area contributed by atoms with Gasteiger partial charge in [-0.15, -0.1) is 0 Å². The maximum atomic E-state index is 14.0. The summed E-state index contributed by atoms with van der Waals surface area (Å²) >= 11 is 0. The molecule has 1 atom stereocenters. The molecule has 0 fully saturated rings. The summed E-state index contributed by atoms with van der Waals surface area (Å²) < 4.78 is 32.3. The first-order chi connectivity index (χ1) is 8.18. The molecule has 1 aromatic rings. The normalized spacial score (nSPS) is 13.8. The van der Waals surface area contributed by atoms with Crippen LogP contribution < -0.4 is 4.74 Å². The van der Waals surface area contributed by atoms with Crippen LogP contribution in [0.15, 0.2) is 12.1 Å². The Morgan fingerprint density at radius 2 is 1.78 bits per heavy atom. The van der Waals surface area contributed by atoms with Crippen LogP contribution in [0.4, 0.5) is 8.78 Å². The predicted molar refractivity (Wildman–Crippen MR) is 65.6 cm³/mol. The van der Waals surface area contributed by atoms with Crippen LogP contribution in [-0.2, 0) is 0 Å². The molecule has 1 unspecified atom stereocenters. The molecule has 0 spiro atoms. The van der Waals surface area contributed by atoms with Gasteiger partial charge >= 0.3 is 0 Å². The smallest absolute Gasteiger partial charge is 0.165 e. The fourth-order valence-corrected chi connectivity index (χ4v) is 2.20. The van der Waals surface area contributed by atoms with Crippen LogP contribution in [0.3, 0.4) is 0 Å². The lowest BCUT2D eigenvalue weighted by Crippen LogP contribution is -2.39. The van der Waals surface area contributed by atoms with Gasteiger partial charge in [-0.1, -0.05) is 0 Å². The molecule has 0 heterocycles. The topological polar surface area (TPSA) is 32.7 Å². The summed E-state index contributed by atoms with van der Waals surface area (Å²) in [6.07, 6.45) is 0. The summed E-state index contributed by atoms with van der Waals surface area (Å²) in [5, 5.41) is 10.1. The summed E-state index contributed by atoms with van der Waals surface area (Å²) in [5.41, 5.74) is -1.10. The van der Waals surface area contributed by atoms with Crippen LogP contribution in [0.25, 0.3) is 0 Å². The molecule has 102 valence electrons. The van der Waals surface area contributed by atoms with Gasteiger partial charge in [-0.3, -0.25) is 4.90 Å². The lowest BCUT2D eigenvalue weighted by atomic mass is 9.90. The van der Waals surface area contributed by atoms with E-state index in [9.17, 15) is 13.9 Å². The number of halogens is 2. The van der Waals surface area contributed by atoms with Crippen molar-refractivity contribution in [2.75, 3.05) is 21.2 Å². The zero-order valence-electron chi connectivity index (χ0n) is 11.3. The van der Waals surface area contributed by atoms with Gasteiger partial charge in [0.15, 0.2) is 11.6 Å². The second-order valence-electron chi connectivity index (χ2n) is 5.03. The maximum Gasteiger partial charge on any atom is 0.165 e. The highest BCUT2D eigenvalue weighted by molar-refractivity contribution is 5.33. The molecule has 3 nitrogen and oxygen atoms in total. The number of rotatable bonds is 4. The molecule has 0 aliphatic heterocycles. The number of nitrogens with zero attached hydrogens (tertiary/aromatic N) is 1. The van der Waals surface area contributed by atoms with Crippen molar-refractivity contribution < 1.29 is 18.6 Å². The van der Waals surface area contributed by atoms with Crippen molar-refractivity contribution in [1.29, 1.82) is 0 Å². The molecule has 1 N–H and O–H groups in total. The van der Waals surface area contributed by atoms with E-state index in [-0.39, 0.29) is 11.3 Å². The van der Waals surface area contributed by atoms with Crippen molar-refractivity contribution >= 4 is 0 Å². The number of aliphatic hydroxyl groups is 1. The Balaban J connectivity index is 3.34. The molecular formula is C13H19F2NO2. The summed E-state index contributed by atoms with van der Waals surface area (Å²) in [5.74, 6) is -1.40. The molecule has 1 rings (SSSR count). The summed E-state index contributed by atoms with van der Waals surface area (Å²) in [7, 11) is 4.67. The minimum absolute atomic E-state index is 0.103. The van der Waals surface area contributed by atoms with Gasteiger partial charge in [0.05, 0.1) is 18.8 Å². The quantitative estimate of drug-likeness (QED) is 0.901. The molecular weight excluding hydrogens is 240 g/mol. The number of likely N-dealkylation sites (N-methyl/N-ethyl adjacent to an activating group) is 1. The van der Waals surface area contributed by atoms with Gasteiger partial charge in [-0.2, -0.15) is 0 Å². The van der Waals surface area contributed by atoms with Gasteiger partial charge in [-0.05, 0) is 34.0 Å². The van der Waals surface area contributed by atoms with E-state index in [4.69, 9.17) is 4.74 Å². The van der Waals surface area contributed by atoms with E-state index in [1.807, 2.05) is 0 Å². The molecule has 0 saturated heterocycles. The van der Waals surface area contributed by atoms with Crippen molar-refractivity contribution in [3.8, 4) is 5.75 Å². The van der Waals surface area contributed by atoms with E-state index in [1.54, 1.807) is 32.8 Å². The molecule has 0 saturated carbocycles. The standard InChI is InChI=1S/C13H19F2NO2/c1-13(2,17)12(16(3)4)8-6-10(15)11(18-5)7-9(8)14/h6-7,12,17H,1-5H3. The van der Waals surface area contributed by atoms with E-state index in [2.05, 4.69) is 0 Å². The van der Waals surface area contributed by atoms with Crippen LogP contribution in [-0.4, -0.2) is 36.8 Å². The summed E-state index contributed by atoms with van der Waals surface area (Å²) in [6, 6.07) is 1.40. The second kappa shape index (κ2) is 5.20. The van der Waals surface area contributed by atoms with Crippen LogP contribution in [0, 0.1) is 11.6 Å². The van der Waals surface area contributed by atoms with Gasteiger partial charge in [0.2, 0.25) is 0 Å². The van der Waals surface area contributed by atoms with Gasteiger partial charge in [0.1, 0.15) is 5.82 Å². The second-order valence-corrected chi connectivity index (χ2v) is 5.03. The summed E-state index contributed by atoms with van der Waals surface area (Å²) in [4.78, 5) is 1.64. The number of methoxy groups -OCH3 is 1. The molecule has 5 heteroatoms. The van der Waals surface area contributed by atoms with Crippen molar-refractivity contribution in [3.63, 3.8) is 0 Å². The molecule has 0 aliphatic carbocycles. The first-order valence-electron chi connectivity index (χ1n) is 5.60. The Morgan fingerprint density at radius 3 is 2.17 bits per heavy atom. The van der Waals surface area contributed by atoms with Gasteiger partial charge in [-0.25, -0.2) is 8.78 Å². The summed E-state index contributed by atoms with van der Waals surface area (Å²) in [6.45, 7) is 3.11. The van der Waals surface area contributed by atoms with Crippen molar-refractivity contribution in [1.82, 2.24) is 4.90 Å². The third-order valence-electron chi connectivity index (χ3n) is 2.75. The minimum Gasteiger partial charge on any atom is -0.494 e. The number of benzene rings is 1. The fourth-order valence-electron chi connectivity index (χ4n) is 2.20. The zero-order chi connectivity index (χ0) is 14.1. The van der Waals surface area contributed by atoms with Crippen molar-refractivity contribution in [3.05, 3.63) is 29.3 Å². The molecule has 1 aromatic carbocycles. The predicted octanol–water partition coefficient (Wildman–Crippen LogP) is 2.35. The number of hydrogen-bond donors (Lipinski definition) is 1. The van der Waals surface area contributed by atoms with E-state index in [1.165, 1.54) is 7.11 Å². The van der Waals surface area contributed by atoms with E-state index >= 15 is 0 Å². The minimum atomic E-state index is -1.20. The van der Waals surface area contributed by atoms with Gasteiger partial charge in [0, 0.05) is 11.6 Å². The number of ether oxygens (including phenoxy) is 1. The fraction of sp³-hybridized carbons (Fsp3) is 0.538. The maximum absolute atomic E-state index is 14.0. The monoisotopic (exact) mass is 259 g/mol.